The van der Waals surface area contributed by atoms with Gasteiger partial charge < -0.3 is 10.1 Å². The molecule has 0 aliphatic rings. The number of hydrogen-bond acceptors (Lipinski definition) is 3. The van der Waals surface area contributed by atoms with E-state index in [-0.39, 0.29) is 5.91 Å². The van der Waals surface area contributed by atoms with Gasteiger partial charge >= 0.3 is 0 Å². The Morgan fingerprint density at radius 2 is 1.72 bits per heavy atom. The molecular formula is C24H18Cl3N3O2. The third-order valence-corrected chi connectivity index (χ3v) is 5.48. The second-order valence-corrected chi connectivity index (χ2v) is 8.31. The van der Waals surface area contributed by atoms with Crippen LogP contribution in [-0.2, 0) is 13.2 Å². The van der Waals surface area contributed by atoms with Crippen molar-refractivity contribution >= 4 is 46.5 Å². The number of halogens is 3. The molecule has 0 saturated carbocycles. The molecule has 5 nitrogen and oxygen atoms in total. The molecule has 4 rings (SSSR count). The summed E-state index contributed by atoms with van der Waals surface area (Å²) < 4.78 is 7.45. The quantitative estimate of drug-likeness (QED) is 0.315. The lowest BCUT2D eigenvalue weighted by molar-refractivity contribution is 0.102. The molecule has 1 N–H and O–H groups in total. The summed E-state index contributed by atoms with van der Waals surface area (Å²) in [6, 6.07) is 21.4. The van der Waals surface area contributed by atoms with Crippen molar-refractivity contribution in [1.29, 1.82) is 0 Å². The average molecular weight is 487 g/mol. The van der Waals surface area contributed by atoms with Crippen LogP contribution < -0.4 is 10.1 Å². The smallest absolute Gasteiger partial charge is 0.256 e. The fourth-order valence-corrected chi connectivity index (χ4v) is 3.62. The van der Waals surface area contributed by atoms with E-state index in [0.717, 1.165) is 11.1 Å². The van der Waals surface area contributed by atoms with E-state index in [4.69, 9.17) is 39.5 Å². The maximum Gasteiger partial charge on any atom is 0.256 e. The second-order valence-electron chi connectivity index (χ2n) is 7.03. The summed E-state index contributed by atoms with van der Waals surface area (Å²) >= 11 is 18.1. The zero-order valence-electron chi connectivity index (χ0n) is 16.8. The van der Waals surface area contributed by atoms with Crippen LogP contribution >= 0.6 is 34.8 Å². The van der Waals surface area contributed by atoms with Crippen LogP contribution in [-0.4, -0.2) is 15.7 Å². The van der Waals surface area contributed by atoms with E-state index >= 15 is 0 Å². The minimum atomic E-state index is -0.256. The van der Waals surface area contributed by atoms with Crippen LogP contribution in [0.5, 0.6) is 5.75 Å². The highest BCUT2D eigenvalue weighted by Crippen LogP contribution is 2.22. The number of ether oxygens (including phenoxy) is 1. The van der Waals surface area contributed by atoms with Gasteiger partial charge in [-0.3, -0.25) is 9.48 Å². The first-order valence-corrected chi connectivity index (χ1v) is 10.9. The summed E-state index contributed by atoms with van der Waals surface area (Å²) in [7, 11) is 0. The summed E-state index contributed by atoms with van der Waals surface area (Å²) in [6.07, 6.45) is 1.77. The molecule has 1 heterocycles. The lowest BCUT2D eigenvalue weighted by Crippen LogP contribution is -2.13. The highest BCUT2D eigenvalue weighted by atomic mass is 35.5. The van der Waals surface area contributed by atoms with E-state index in [1.807, 2.05) is 18.2 Å². The van der Waals surface area contributed by atoms with Crippen molar-refractivity contribution in [2.45, 2.75) is 13.2 Å². The Hall–Kier alpha value is -2.99. The fraction of sp³-hybridized carbons (Fsp3) is 0.0833. The lowest BCUT2D eigenvalue weighted by atomic mass is 10.1. The average Bonchev–Trinajstić information content (AvgIpc) is 3.22. The van der Waals surface area contributed by atoms with Crippen LogP contribution in [0.4, 0.5) is 5.82 Å². The molecule has 0 fully saturated rings. The van der Waals surface area contributed by atoms with E-state index in [1.165, 1.54) is 0 Å². The standard InChI is InChI=1S/C24H18Cl3N3O2/c25-19-6-8-21(9-7-19)32-15-16-2-1-3-17(12-16)24(31)28-23-10-11-30(29-23)14-18-4-5-20(26)13-22(18)27/h1-13H,14-15H2,(H,28,29,31). The third-order valence-electron chi connectivity index (χ3n) is 4.64. The van der Waals surface area contributed by atoms with Crippen molar-refractivity contribution in [2.75, 3.05) is 5.32 Å². The number of benzene rings is 3. The first-order valence-electron chi connectivity index (χ1n) is 9.72. The monoisotopic (exact) mass is 485 g/mol. The van der Waals surface area contributed by atoms with Crippen LogP contribution in [0.3, 0.4) is 0 Å². The molecule has 0 aliphatic carbocycles. The molecule has 32 heavy (non-hydrogen) atoms. The zero-order chi connectivity index (χ0) is 22.5. The van der Waals surface area contributed by atoms with E-state index in [1.54, 1.807) is 65.5 Å². The normalized spacial score (nSPS) is 10.7. The molecule has 0 atom stereocenters. The Balaban J connectivity index is 1.37. The Labute approximate surface area is 200 Å². The molecule has 0 spiro atoms. The first-order chi connectivity index (χ1) is 15.5. The maximum absolute atomic E-state index is 12.7. The van der Waals surface area contributed by atoms with E-state index < -0.39 is 0 Å². The fourth-order valence-electron chi connectivity index (χ4n) is 3.03. The number of aromatic nitrogens is 2. The molecule has 0 aliphatic heterocycles. The molecule has 1 aromatic heterocycles. The second kappa shape index (κ2) is 10.1. The number of carbonyl (C=O) groups is 1. The minimum absolute atomic E-state index is 0.256. The number of amides is 1. The number of anilines is 1. The van der Waals surface area contributed by atoms with Crippen LogP contribution in [0, 0.1) is 0 Å². The highest BCUT2D eigenvalue weighted by molar-refractivity contribution is 6.35. The van der Waals surface area contributed by atoms with Gasteiger partial charge in [0.2, 0.25) is 0 Å². The Bertz CT molecular complexity index is 1240. The van der Waals surface area contributed by atoms with E-state index in [0.29, 0.717) is 45.4 Å². The molecule has 0 bridgehead atoms. The third kappa shape index (κ3) is 5.82. The van der Waals surface area contributed by atoms with Crippen molar-refractivity contribution in [3.05, 3.63) is 111 Å². The summed E-state index contributed by atoms with van der Waals surface area (Å²) in [5.74, 6) is 0.895. The summed E-state index contributed by atoms with van der Waals surface area (Å²) in [6.45, 7) is 0.794. The van der Waals surface area contributed by atoms with Gasteiger partial charge in [-0.05, 0) is 59.7 Å². The number of nitrogens with zero attached hydrogens (tertiary/aromatic N) is 2. The first kappa shape index (κ1) is 22.2. The molecular weight excluding hydrogens is 469 g/mol. The topological polar surface area (TPSA) is 56.2 Å². The zero-order valence-corrected chi connectivity index (χ0v) is 19.0. The van der Waals surface area contributed by atoms with Crippen LogP contribution in [0.25, 0.3) is 0 Å². The number of carbonyl (C=O) groups excluding carboxylic acids is 1. The van der Waals surface area contributed by atoms with Gasteiger partial charge in [0, 0.05) is 32.9 Å². The number of nitrogens with one attached hydrogen (secondary N) is 1. The molecule has 0 radical (unpaired) electrons. The maximum atomic E-state index is 12.7. The van der Waals surface area contributed by atoms with Gasteiger partial charge in [-0.25, -0.2) is 0 Å². The van der Waals surface area contributed by atoms with Crippen LogP contribution in [0.15, 0.2) is 79.0 Å². The van der Waals surface area contributed by atoms with Crippen molar-refractivity contribution < 1.29 is 9.53 Å². The predicted octanol–water partition coefficient (Wildman–Crippen LogP) is 6.72. The van der Waals surface area contributed by atoms with Gasteiger partial charge in [0.1, 0.15) is 12.4 Å². The van der Waals surface area contributed by atoms with Gasteiger partial charge in [-0.1, -0.05) is 53.0 Å². The largest absolute Gasteiger partial charge is 0.489 e. The highest BCUT2D eigenvalue weighted by Gasteiger charge is 2.10. The minimum Gasteiger partial charge on any atom is -0.489 e. The SMILES string of the molecule is O=C(Nc1ccn(Cc2ccc(Cl)cc2Cl)n1)c1cccc(COc2ccc(Cl)cc2)c1. The number of rotatable bonds is 7. The van der Waals surface area contributed by atoms with Crippen molar-refractivity contribution in [3.63, 3.8) is 0 Å². The van der Waals surface area contributed by atoms with E-state index in [2.05, 4.69) is 10.4 Å². The Morgan fingerprint density at radius 3 is 2.50 bits per heavy atom. The molecule has 3 aromatic carbocycles. The molecule has 0 unspecified atom stereocenters. The molecule has 8 heteroatoms. The van der Waals surface area contributed by atoms with Crippen molar-refractivity contribution in [2.24, 2.45) is 0 Å². The van der Waals surface area contributed by atoms with E-state index in [9.17, 15) is 4.79 Å². The van der Waals surface area contributed by atoms with Gasteiger partial charge in [-0.15, -0.1) is 0 Å². The van der Waals surface area contributed by atoms with Gasteiger partial charge in [0.05, 0.1) is 6.54 Å². The predicted molar refractivity (Wildman–Crippen MR) is 128 cm³/mol. The van der Waals surface area contributed by atoms with Crippen LogP contribution in [0.2, 0.25) is 15.1 Å². The Kier molecular flexibility index (Phi) is 7.00. The molecule has 4 aromatic rings. The van der Waals surface area contributed by atoms with Crippen molar-refractivity contribution in [3.8, 4) is 5.75 Å². The van der Waals surface area contributed by atoms with Crippen molar-refractivity contribution in [1.82, 2.24) is 9.78 Å². The van der Waals surface area contributed by atoms with Gasteiger partial charge in [-0.2, -0.15) is 5.10 Å². The molecule has 0 saturated heterocycles. The molecule has 1 amide bonds. The van der Waals surface area contributed by atoms with Gasteiger partial charge in [0.25, 0.3) is 5.91 Å². The summed E-state index contributed by atoms with van der Waals surface area (Å²) in [5, 5.41) is 9.00. The summed E-state index contributed by atoms with van der Waals surface area (Å²) in [4.78, 5) is 12.7. The lowest BCUT2D eigenvalue weighted by Gasteiger charge is -2.08. The number of hydrogen-bond donors (Lipinski definition) is 1. The summed E-state index contributed by atoms with van der Waals surface area (Å²) in [5.41, 5.74) is 2.26. The Morgan fingerprint density at radius 1 is 0.938 bits per heavy atom. The van der Waals surface area contributed by atoms with Gasteiger partial charge in [0.15, 0.2) is 5.82 Å². The van der Waals surface area contributed by atoms with Crippen LogP contribution in [0.1, 0.15) is 21.5 Å². The molecule has 162 valence electrons.